The second-order valence-corrected chi connectivity index (χ2v) is 5.78. The van der Waals surface area contributed by atoms with Crippen LogP contribution in [0, 0.1) is 0 Å². The Balaban J connectivity index is 2.69. The quantitative estimate of drug-likeness (QED) is 0.673. The van der Waals surface area contributed by atoms with Crippen molar-refractivity contribution in [2.45, 2.75) is 17.9 Å². The van der Waals surface area contributed by atoms with Crippen molar-refractivity contribution in [2.24, 2.45) is 5.73 Å². The van der Waals surface area contributed by atoms with E-state index in [0.29, 0.717) is 19.0 Å². The van der Waals surface area contributed by atoms with E-state index in [9.17, 15) is 8.42 Å². The van der Waals surface area contributed by atoms with E-state index in [1.165, 1.54) is 12.1 Å². The Hall–Kier alpha value is -1.15. The lowest BCUT2D eigenvalue weighted by atomic mass is 10.3. The van der Waals surface area contributed by atoms with E-state index in [-0.39, 0.29) is 17.5 Å². The number of ether oxygens (including phenoxy) is 2. The SMILES string of the molecule is COCCOc1ccc(S(=O)(=O)N[C@@H](C)CN)cc1. The van der Waals surface area contributed by atoms with Gasteiger partial charge < -0.3 is 15.2 Å². The summed E-state index contributed by atoms with van der Waals surface area (Å²) in [5, 5.41) is 0. The smallest absolute Gasteiger partial charge is 0.240 e. The van der Waals surface area contributed by atoms with Crippen molar-refractivity contribution in [3.63, 3.8) is 0 Å². The van der Waals surface area contributed by atoms with Crippen LogP contribution in [0.1, 0.15) is 6.92 Å². The molecule has 1 aromatic rings. The van der Waals surface area contributed by atoms with Crippen molar-refractivity contribution < 1.29 is 17.9 Å². The van der Waals surface area contributed by atoms with Crippen molar-refractivity contribution in [3.05, 3.63) is 24.3 Å². The summed E-state index contributed by atoms with van der Waals surface area (Å²) in [7, 11) is -1.94. The lowest BCUT2D eigenvalue weighted by Gasteiger charge is -2.12. The highest BCUT2D eigenvalue weighted by Crippen LogP contribution is 2.16. The van der Waals surface area contributed by atoms with Crippen molar-refractivity contribution in [3.8, 4) is 5.75 Å². The number of benzene rings is 1. The maximum atomic E-state index is 11.9. The topological polar surface area (TPSA) is 90.6 Å². The fourth-order valence-corrected chi connectivity index (χ4v) is 2.60. The normalized spacial score (nSPS) is 13.2. The highest BCUT2D eigenvalue weighted by atomic mass is 32.2. The Labute approximate surface area is 113 Å². The Morgan fingerprint density at radius 2 is 1.89 bits per heavy atom. The molecule has 0 fully saturated rings. The van der Waals surface area contributed by atoms with E-state index in [1.54, 1.807) is 26.2 Å². The average Bonchev–Trinajstić information content (AvgIpc) is 2.39. The summed E-state index contributed by atoms with van der Waals surface area (Å²) in [5.41, 5.74) is 5.39. The molecule has 0 spiro atoms. The van der Waals surface area contributed by atoms with Crippen LogP contribution in [-0.4, -0.2) is 41.3 Å². The summed E-state index contributed by atoms with van der Waals surface area (Å²) in [6.07, 6.45) is 0. The second-order valence-electron chi connectivity index (χ2n) is 4.07. The largest absolute Gasteiger partial charge is 0.491 e. The second kappa shape index (κ2) is 7.44. The van der Waals surface area contributed by atoms with Gasteiger partial charge in [-0.15, -0.1) is 0 Å². The van der Waals surface area contributed by atoms with Crippen LogP contribution < -0.4 is 15.2 Å². The van der Waals surface area contributed by atoms with Crippen molar-refractivity contribution in [1.82, 2.24) is 4.72 Å². The number of methoxy groups -OCH3 is 1. The van der Waals surface area contributed by atoms with Crippen LogP contribution in [-0.2, 0) is 14.8 Å². The molecule has 0 saturated heterocycles. The van der Waals surface area contributed by atoms with Crippen LogP contribution in [0.2, 0.25) is 0 Å². The first-order chi connectivity index (χ1) is 8.99. The first kappa shape index (κ1) is 15.9. The van der Waals surface area contributed by atoms with Gasteiger partial charge in [-0.25, -0.2) is 13.1 Å². The minimum Gasteiger partial charge on any atom is -0.491 e. The maximum absolute atomic E-state index is 11.9. The predicted octanol–water partition coefficient (Wildman–Crippen LogP) is 0.337. The number of hydrogen-bond donors (Lipinski definition) is 2. The summed E-state index contributed by atoms with van der Waals surface area (Å²) in [4.78, 5) is 0.187. The zero-order valence-electron chi connectivity index (χ0n) is 11.1. The first-order valence-corrected chi connectivity index (χ1v) is 7.42. The van der Waals surface area contributed by atoms with Gasteiger partial charge in [-0.3, -0.25) is 0 Å². The molecule has 0 bridgehead atoms. The maximum Gasteiger partial charge on any atom is 0.240 e. The van der Waals surface area contributed by atoms with E-state index in [1.807, 2.05) is 0 Å². The number of sulfonamides is 1. The van der Waals surface area contributed by atoms with Crippen LogP contribution in [0.4, 0.5) is 0 Å². The lowest BCUT2D eigenvalue weighted by Crippen LogP contribution is -2.37. The van der Waals surface area contributed by atoms with Crippen LogP contribution in [0.5, 0.6) is 5.75 Å². The zero-order chi connectivity index (χ0) is 14.3. The molecular weight excluding hydrogens is 268 g/mol. The molecule has 0 aliphatic rings. The molecule has 0 aromatic heterocycles. The van der Waals surface area contributed by atoms with E-state index in [0.717, 1.165) is 0 Å². The highest BCUT2D eigenvalue weighted by Gasteiger charge is 2.16. The molecule has 6 nitrogen and oxygen atoms in total. The Morgan fingerprint density at radius 3 is 2.42 bits per heavy atom. The Kier molecular flexibility index (Phi) is 6.23. The minimum absolute atomic E-state index is 0.187. The molecule has 0 aliphatic heterocycles. The zero-order valence-corrected chi connectivity index (χ0v) is 11.9. The van der Waals surface area contributed by atoms with Crippen LogP contribution >= 0.6 is 0 Å². The van der Waals surface area contributed by atoms with Gasteiger partial charge in [0.15, 0.2) is 0 Å². The van der Waals surface area contributed by atoms with Crippen LogP contribution in [0.3, 0.4) is 0 Å². The summed E-state index contributed by atoms with van der Waals surface area (Å²) in [6.45, 7) is 2.86. The fourth-order valence-electron chi connectivity index (χ4n) is 1.34. The van der Waals surface area contributed by atoms with Gasteiger partial charge >= 0.3 is 0 Å². The third-order valence-electron chi connectivity index (χ3n) is 2.40. The van der Waals surface area contributed by atoms with Gasteiger partial charge in [0, 0.05) is 19.7 Å². The molecule has 3 N–H and O–H groups in total. The summed E-state index contributed by atoms with van der Waals surface area (Å²) in [5.74, 6) is 0.600. The van der Waals surface area contributed by atoms with E-state index >= 15 is 0 Å². The van der Waals surface area contributed by atoms with Gasteiger partial charge in [-0.05, 0) is 31.2 Å². The van der Waals surface area contributed by atoms with E-state index in [4.69, 9.17) is 15.2 Å². The van der Waals surface area contributed by atoms with Crippen molar-refractivity contribution in [1.29, 1.82) is 0 Å². The molecule has 0 aliphatic carbocycles. The molecule has 0 heterocycles. The third kappa shape index (κ3) is 5.15. The summed E-state index contributed by atoms with van der Waals surface area (Å²) in [6, 6.07) is 5.90. The molecule has 108 valence electrons. The molecule has 1 aromatic carbocycles. The van der Waals surface area contributed by atoms with Gasteiger partial charge in [0.05, 0.1) is 11.5 Å². The average molecular weight is 288 g/mol. The molecule has 0 amide bonds. The molecule has 1 atom stereocenters. The molecule has 0 unspecified atom stereocenters. The highest BCUT2D eigenvalue weighted by molar-refractivity contribution is 7.89. The standard InChI is InChI=1S/C12H20N2O4S/c1-10(9-13)14-19(15,16)12-5-3-11(4-6-12)18-8-7-17-2/h3-6,10,14H,7-9,13H2,1-2H3/t10-/m0/s1. The number of nitrogens with two attached hydrogens (primary N) is 1. The van der Waals surface area contributed by atoms with E-state index < -0.39 is 10.0 Å². The van der Waals surface area contributed by atoms with Crippen molar-refractivity contribution >= 4 is 10.0 Å². The molecule has 1 rings (SSSR count). The first-order valence-electron chi connectivity index (χ1n) is 5.94. The molecule has 0 saturated carbocycles. The van der Waals surface area contributed by atoms with Gasteiger partial charge in [0.25, 0.3) is 0 Å². The minimum atomic E-state index is -3.52. The number of rotatable bonds is 8. The van der Waals surface area contributed by atoms with E-state index in [2.05, 4.69) is 4.72 Å². The summed E-state index contributed by atoms with van der Waals surface area (Å²) < 4.78 is 36.6. The van der Waals surface area contributed by atoms with Gasteiger partial charge in [0.1, 0.15) is 12.4 Å². The Bertz CT molecular complexity index is 473. The monoisotopic (exact) mass is 288 g/mol. The Morgan fingerprint density at radius 1 is 1.26 bits per heavy atom. The molecular formula is C12H20N2O4S. The van der Waals surface area contributed by atoms with Crippen LogP contribution in [0.15, 0.2) is 29.2 Å². The van der Waals surface area contributed by atoms with Crippen molar-refractivity contribution in [2.75, 3.05) is 26.9 Å². The molecule has 19 heavy (non-hydrogen) atoms. The number of nitrogens with one attached hydrogen (secondary N) is 1. The van der Waals surface area contributed by atoms with Gasteiger partial charge in [0.2, 0.25) is 10.0 Å². The number of hydrogen-bond acceptors (Lipinski definition) is 5. The van der Waals surface area contributed by atoms with Crippen LogP contribution in [0.25, 0.3) is 0 Å². The summed E-state index contributed by atoms with van der Waals surface area (Å²) >= 11 is 0. The third-order valence-corrected chi connectivity index (χ3v) is 4.01. The fraction of sp³-hybridized carbons (Fsp3) is 0.500. The van der Waals surface area contributed by atoms with Gasteiger partial charge in [-0.2, -0.15) is 0 Å². The molecule has 7 heteroatoms. The predicted molar refractivity (Wildman–Crippen MR) is 72.7 cm³/mol. The lowest BCUT2D eigenvalue weighted by molar-refractivity contribution is 0.146. The van der Waals surface area contributed by atoms with Gasteiger partial charge in [-0.1, -0.05) is 0 Å². The molecule has 0 radical (unpaired) electrons.